The number of nitrogens with zero attached hydrogens (tertiary/aromatic N) is 3. The molecule has 3 rings (SSSR count). The summed E-state index contributed by atoms with van der Waals surface area (Å²) in [7, 11) is -3.55. The first-order valence-corrected chi connectivity index (χ1v) is 9.14. The Hall–Kier alpha value is -1.74. The summed E-state index contributed by atoms with van der Waals surface area (Å²) >= 11 is 0. The zero-order valence-electron chi connectivity index (χ0n) is 12.8. The Morgan fingerprint density at radius 2 is 1.91 bits per heavy atom. The van der Waals surface area contributed by atoms with Crippen LogP contribution in [0.25, 0.3) is 5.69 Å². The van der Waals surface area contributed by atoms with Crippen molar-refractivity contribution in [2.45, 2.75) is 17.7 Å². The molecule has 1 aliphatic heterocycles. The van der Waals surface area contributed by atoms with Crippen molar-refractivity contribution in [2.24, 2.45) is 11.7 Å². The molecule has 0 amide bonds. The van der Waals surface area contributed by atoms with Crippen LogP contribution in [0.5, 0.6) is 0 Å². The number of sulfonamides is 1. The number of rotatable bonds is 5. The fraction of sp³-hybridized carbons (Fsp3) is 0.400. The van der Waals surface area contributed by atoms with Crippen molar-refractivity contribution >= 4 is 10.0 Å². The fourth-order valence-electron chi connectivity index (χ4n) is 2.68. The molecule has 0 spiro atoms. The van der Waals surface area contributed by atoms with Crippen molar-refractivity contribution < 1.29 is 8.42 Å². The van der Waals surface area contributed by atoms with E-state index in [-0.39, 0.29) is 4.90 Å². The molecule has 0 radical (unpaired) electrons. The highest BCUT2D eigenvalue weighted by molar-refractivity contribution is 7.89. The van der Waals surface area contributed by atoms with Gasteiger partial charge in [-0.05, 0) is 55.6 Å². The molecule has 2 heterocycles. The predicted molar refractivity (Wildman–Crippen MR) is 87.2 cm³/mol. The third kappa shape index (κ3) is 3.78. The van der Waals surface area contributed by atoms with Gasteiger partial charge in [0.15, 0.2) is 0 Å². The van der Waals surface area contributed by atoms with Crippen LogP contribution in [-0.2, 0) is 10.0 Å². The lowest BCUT2D eigenvalue weighted by Crippen LogP contribution is -2.47. The van der Waals surface area contributed by atoms with Crippen LogP contribution in [0.15, 0.2) is 47.6 Å². The molecule has 1 aromatic heterocycles. The summed E-state index contributed by atoms with van der Waals surface area (Å²) in [6, 6.07) is 8.47. The van der Waals surface area contributed by atoms with Gasteiger partial charge in [-0.2, -0.15) is 5.10 Å². The van der Waals surface area contributed by atoms with E-state index in [4.69, 9.17) is 5.73 Å². The quantitative estimate of drug-likeness (QED) is 0.840. The average Bonchev–Trinajstić information content (AvgIpc) is 3.10. The van der Waals surface area contributed by atoms with Gasteiger partial charge >= 0.3 is 0 Å². The Balaban J connectivity index is 1.68. The van der Waals surface area contributed by atoms with E-state index in [0.29, 0.717) is 25.6 Å². The summed E-state index contributed by atoms with van der Waals surface area (Å²) in [5, 5.41) is 5.87. The van der Waals surface area contributed by atoms with Crippen molar-refractivity contribution in [1.82, 2.24) is 19.6 Å². The van der Waals surface area contributed by atoms with Gasteiger partial charge in [0.1, 0.15) is 0 Å². The molecule has 3 N–H and O–H groups in total. The van der Waals surface area contributed by atoms with Crippen LogP contribution in [0.3, 0.4) is 0 Å². The van der Waals surface area contributed by atoms with Crippen LogP contribution >= 0.6 is 0 Å². The van der Waals surface area contributed by atoms with E-state index >= 15 is 0 Å². The average molecular weight is 335 g/mol. The molecular weight excluding hydrogens is 314 g/mol. The molecule has 8 heteroatoms. The van der Waals surface area contributed by atoms with Gasteiger partial charge in [-0.1, -0.05) is 0 Å². The second-order valence-electron chi connectivity index (χ2n) is 5.71. The summed E-state index contributed by atoms with van der Waals surface area (Å²) in [6.45, 7) is 2.04. The smallest absolute Gasteiger partial charge is 0.253 e. The van der Waals surface area contributed by atoms with Crippen molar-refractivity contribution in [3.63, 3.8) is 0 Å². The van der Waals surface area contributed by atoms with E-state index in [9.17, 15) is 8.42 Å². The third-order valence-electron chi connectivity index (χ3n) is 4.11. The highest BCUT2D eigenvalue weighted by Crippen LogP contribution is 2.17. The third-order valence-corrected chi connectivity index (χ3v) is 5.50. The number of hydrazine groups is 1. The molecule has 23 heavy (non-hydrogen) atoms. The first kappa shape index (κ1) is 16.1. The molecule has 0 unspecified atom stereocenters. The monoisotopic (exact) mass is 335 g/mol. The number of piperidine rings is 1. The molecule has 1 saturated heterocycles. The van der Waals surface area contributed by atoms with Crippen molar-refractivity contribution in [3.8, 4) is 5.69 Å². The maximum absolute atomic E-state index is 12.4. The van der Waals surface area contributed by atoms with Crippen LogP contribution in [-0.4, -0.2) is 42.8 Å². The van der Waals surface area contributed by atoms with Crippen LogP contribution < -0.4 is 10.6 Å². The summed E-state index contributed by atoms with van der Waals surface area (Å²) < 4.78 is 26.6. The van der Waals surface area contributed by atoms with Crippen molar-refractivity contribution in [1.29, 1.82) is 0 Å². The van der Waals surface area contributed by atoms with Crippen molar-refractivity contribution in [2.75, 3.05) is 19.6 Å². The van der Waals surface area contributed by atoms with E-state index < -0.39 is 10.0 Å². The molecular formula is C15H21N5O2S. The van der Waals surface area contributed by atoms with E-state index in [1.165, 1.54) is 0 Å². The minimum absolute atomic E-state index is 0.245. The van der Waals surface area contributed by atoms with Crippen LogP contribution in [0, 0.1) is 5.92 Å². The summed E-state index contributed by atoms with van der Waals surface area (Å²) in [4.78, 5) is 2.90. The van der Waals surface area contributed by atoms with Gasteiger partial charge in [0.2, 0.25) is 0 Å². The van der Waals surface area contributed by atoms with Crippen LogP contribution in [0.2, 0.25) is 0 Å². The van der Waals surface area contributed by atoms with E-state index in [1.807, 2.05) is 12.3 Å². The molecule has 0 atom stereocenters. The molecule has 1 fully saturated rings. The van der Waals surface area contributed by atoms with Crippen molar-refractivity contribution in [3.05, 3.63) is 42.7 Å². The summed E-state index contributed by atoms with van der Waals surface area (Å²) in [5.74, 6) is 0.490. The van der Waals surface area contributed by atoms with Gasteiger partial charge in [-0.25, -0.2) is 18.1 Å². The second-order valence-corrected chi connectivity index (χ2v) is 7.37. The zero-order valence-corrected chi connectivity index (χ0v) is 13.6. The molecule has 1 aliphatic rings. The first-order valence-electron chi connectivity index (χ1n) is 7.66. The Morgan fingerprint density at radius 3 is 2.48 bits per heavy atom. The molecule has 1 aromatic carbocycles. The van der Waals surface area contributed by atoms with Crippen LogP contribution in [0.4, 0.5) is 0 Å². The minimum atomic E-state index is -3.55. The standard InChI is InChI=1S/C15H21N5O2S/c16-12-13-6-10-19(11-7-13)18-23(21,22)15-4-2-14(3-5-15)20-9-1-8-17-20/h1-5,8-9,13,18H,6-7,10-12,16H2. The lowest BCUT2D eigenvalue weighted by Gasteiger charge is -2.31. The number of nitrogens with one attached hydrogen (secondary N) is 1. The number of aromatic nitrogens is 2. The molecule has 124 valence electrons. The highest BCUT2D eigenvalue weighted by Gasteiger charge is 2.23. The van der Waals surface area contributed by atoms with E-state index in [0.717, 1.165) is 18.5 Å². The lowest BCUT2D eigenvalue weighted by molar-refractivity contribution is 0.163. The van der Waals surface area contributed by atoms with E-state index in [2.05, 4.69) is 9.93 Å². The van der Waals surface area contributed by atoms with E-state index in [1.54, 1.807) is 40.2 Å². The number of nitrogens with two attached hydrogens (primary N) is 1. The van der Waals surface area contributed by atoms with Gasteiger partial charge in [0.05, 0.1) is 10.6 Å². The van der Waals surface area contributed by atoms with Crippen LogP contribution in [0.1, 0.15) is 12.8 Å². The SMILES string of the molecule is NCC1CCN(NS(=O)(=O)c2ccc(-n3cccn3)cc2)CC1. The second kappa shape index (κ2) is 6.79. The molecule has 0 bridgehead atoms. The first-order chi connectivity index (χ1) is 11.1. The largest absolute Gasteiger partial charge is 0.330 e. The topological polar surface area (TPSA) is 93.3 Å². The Labute approximate surface area is 136 Å². The minimum Gasteiger partial charge on any atom is -0.330 e. The number of benzene rings is 1. The Kier molecular flexibility index (Phi) is 4.76. The molecule has 7 nitrogen and oxygen atoms in total. The van der Waals surface area contributed by atoms with Gasteiger partial charge in [-0.15, -0.1) is 4.83 Å². The highest BCUT2D eigenvalue weighted by atomic mass is 32.2. The zero-order chi connectivity index (χ0) is 16.3. The predicted octanol–water partition coefficient (Wildman–Crippen LogP) is 0.736. The van der Waals surface area contributed by atoms with Gasteiger partial charge < -0.3 is 5.73 Å². The van der Waals surface area contributed by atoms with Gasteiger partial charge in [-0.3, -0.25) is 0 Å². The molecule has 0 aliphatic carbocycles. The maximum atomic E-state index is 12.4. The number of hydrogen-bond donors (Lipinski definition) is 2. The molecule has 2 aromatic rings. The summed E-state index contributed by atoms with van der Waals surface area (Å²) in [5.41, 5.74) is 6.47. The Morgan fingerprint density at radius 1 is 1.22 bits per heavy atom. The summed E-state index contributed by atoms with van der Waals surface area (Å²) in [6.07, 6.45) is 5.31. The Bertz CT molecular complexity index is 720. The number of hydrogen-bond acceptors (Lipinski definition) is 5. The van der Waals surface area contributed by atoms with Gasteiger partial charge in [0, 0.05) is 25.5 Å². The lowest BCUT2D eigenvalue weighted by atomic mass is 9.98. The fourth-order valence-corrected chi connectivity index (χ4v) is 3.80. The van der Waals surface area contributed by atoms with Gasteiger partial charge in [0.25, 0.3) is 10.0 Å². The maximum Gasteiger partial charge on any atom is 0.253 e. The molecule has 0 saturated carbocycles. The normalized spacial score (nSPS) is 17.4.